The molecule has 146 valence electrons. The van der Waals surface area contributed by atoms with Gasteiger partial charge >= 0.3 is 5.97 Å². The highest BCUT2D eigenvalue weighted by Gasteiger charge is 2.15. The van der Waals surface area contributed by atoms with Crippen LogP contribution in [0.5, 0.6) is 0 Å². The van der Waals surface area contributed by atoms with Crippen molar-refractivity contribution in [1.82, 2.24) is 14.8 Å². The van der Waals surface area contributed by atoms with Crippen molar-refractivity contribution in [2.45, 2.75) is 33.6 Å². The van der Waals surface area contributed by atoms with E-state index in [0.717, 1.165) is 27.5 Å². The monoisotopic (exact) mass is 398 g/mol. The van der Waals surface area contributed by atoms with E-state index in [1.54, 1.807) is 18.3 Å². The zero-order valence-electron chi connectivity index (χ0n) is 16.3. The topological polar surface area (TPSA) is 86.1 Å². The average molecular weight is 398 g/mol. The summed E-state index contributed by atoms with van der Waals surface area (Å²) >= 11 is 1.44. The van der Waals surface area contributed by atoms with Crippen molar-refractivity contribution < 1.29 is 14.3 Å². The van der Waals surface area contributed by atoms with Crippen molar-refractivity contribution in [2.75, 3.05) is 12.4 Å². The second-order valence-electron chi connectivity index (χ2n) is 6.41. The molecule has 0 saturated heterocycles. The first kappa shape index (κ1) is 19.8. The number of amides is 1. The Bertz CT molecular complexity index is 1010. The largest absolute Gasteiger partial charge is 0.469 e. The molecule has 0 aliphatic carbocycles. The van der Waals surface area contributed by atoms with Gasteiger partial charge in [0, 0.05) is 28.8 Å². The fourth-order valence-corrected chi connectivity index (χ4v) is 3.61. The van der Waals surface area contributed by atoms with E-state index >= 15 is 0 Å². The molecule has 0 aliphatic rings. The molecule has 8 heteroatoms. The van der Waals surface area contributed by atoms with Gasteiger partial charge in [0.25, 0.3) is 5.91 Å². The Kier molecular flexibility index (Phi) is 5.89. The van der Waals surface area contributed by atoms with Crippen LogP contribution >= 0.6 is 11.3 Å². The van der Waals surface area contributed by atoms with Crippen LogP contribution in [0.15, 0.2) is 30.5 Å². The average Bonchev–Trinajstić information content (AvgIpc) is 3.22. The summed E-state index contributed by atoms with van der Waals surface area (Å²) in [6.45, 7) is 5.84. The number of hydrogen-bond donors (Lipinski definition) is 1. The molecule has 0 aliphatic heterocycles. The van der Waals surface area contributed by atoms with Gasteiger partial charge in [-0.05, 0) is 57.0 Å². The van der Waals surface area contributed by atoms with Gasteiger partial charge in [-0.2, -0.15) is 5.10 Å². The molecule has 7 nitrogen and oxygen atoms in total. The minimum atomic E-state index is -0.239. The number of hydrogen-bond acceptors (Lipinski definition) is 6. The Labute approximate surface area is 167 Å². The summed E-state index contributed by atoms with van der Waals surface area (Å²) in [7, 11) is 1.39. The molecule has 1 amide bonds. The van der Waals surface area contributed by atoms with Crippen molar-refractivity contribution in [3.63, 3.8) is 0 Å². The minimum absolute atomic E-state index is 0.201. The summed E-state index contributed by atoms with van der Waals surface area (Å²) in [6.07, 6.45) is 2.63. The molecule has 0 bridgehead atoms. The number of aromatic nitrogens is 3. The van der Waals surface area contributed by atoms with Gasteiger partial charge in [0.1, 0.15) is 0 Å². The van der Waals surface area contributed by atoms with E-state index in [4.69, 9.17) is 4.74 Å². The van der Waals surface area contributed by atoms with Gasteiger partial charge in [0.05, 0.1) is 18.5 Å². The maximum absolute atomic E-state index is 12.4. The number of carbonyl (C=O) groups excluding carboxylic acids is 2. The molecule has 3 aromatic rings. The van der Waals surface area contributed by atoms with Crippen molar-refractivity contribution in [1.29, 1.82) is 0 Å². The highest BCUT2D eigenvalue weighted by atomic mass is 32.1. The van der Waals surface area contributed by atoms with Crippen LogP contribution in [0.2, 0.25) is 0 Å². The molecule has 0 spiro atoms. The van der Waals surface area contributed by atoms with Gasteiger partial charge in [0.2, 0.25) is 0 Å². The van der Waals surface area contributed by atoms with Gasteiger partial charge in [0.15, 0.2) is 5.13 Å². The van der Waals surface area contributed by atoms with E-state index in [-0.39, 0.29) is 11.9 Å². The summed E-state index contributed by atoms with van der Waals surface area (Å²) in [5.74, 6) is -0.439. The summed E-state index contributed by atoms with van der Waals surface area (Å²) in [5, 5.41) is 7.97. The van der Waals surface area contributed by atoms with Crippen molar-refractivity contribution >= 4 is 28.3 Å². The molecule has 1 aromatic carbocycles. The van der Waals surface area contributed by atoms with Crippen molar-refractivity contribution in [2.24, 2.45) is 0 Å². The molecule has 0 fully saturated rings. The predicted octanol–water partition coefficient (Wildman–Crippen LogP) is 3.61. The van der Waals surface area contributed by atoms with Crippen molar-refractivity contribution in [3.8, 4) is 5.69 Å². The maximum Gasteiger partial charge on any atom is 0.305 e. The second kappa shape index (κ2) is 8.35. The molecule has 0 saturated carbocycles. The lowest BCUT2D eigenvalue weighted by atomic mass is 10.1. The second-order valence-corrected chi connectivity index (χ2v) is 7.65. The van der Waals surface area contributed by atoms with Crippen LogP contribution in [0.25, 0.3) is 5.69 Å². The van der Waals surface area contributed by atoms with Gasteiger partial charge < -0.3 is 4.74 Å². The number of nitrogens with one attached hydrogen (secondary N) is 1. The molecular formula is C20H22N4O3S. The smallest absolute Gasteiger partial charge is 0.305 e. The Balaban J connectivity index is 1.76. The van der Waals surface area contributed by atoms with E-state index in [0.29, 0.717) is 23.5 Å². The van der Waals surface area contributed by atoms with E-state index in [9.17, 15) is 9.59 Å². The predicted molar refractivity (Wildman–Crippen MR) is 108 cm³/mol. The lowest BCUT2D eigenvalue weighted by Crippen LogP contribution is -2.11. The molecule has 0 radical (unpaired) electrons. The van der Waals surface area contributed by atoms with E-state index in [1.807, 2.05) is 37.6 Å². The third-order valence-electron chi connectivity index (χ3n) is 4.46. The fourth-order valence-electron chi connectivity index (χ4n) is 2.95. The van der Waals surface area contributed by atoms with Gasteiger partial charge in [-0.3, -0.25) is 14.9 Å². The summed E-state index contributed by atoms with van der Waals surface area (Å²) in [6, 6.07) is 7.22. The summed E-state index contributed by atoms with van der Waals surface area (Å²) in [4.78, 5) is 29.0. The Morgan fingerprint density at radius 1 is 1.18 bits per heavy atom. The number of methoxy groups -OCH3 is 1. The Hall–Kier alpha value is -3.00. The molecule has 0 unspecified atom stereocenters. The molecule has 0 atom stereocenters. The van der Waals surface area contributed by atoms with Crippen LogP contribution in [-0.4, -0.2) is 33.8 Å². The first-order valence-corrected chi connectivity index (χ1v) is 9.67. The van der Waals surface area contributed by atoms with Gasteiger partial charge in [-0.1, -0.05) is 0 Å². The third kappa shape index (κ3) is 4.28. The van der Waals surface area contributed by atoms with E-state index in [1.165, 1.54) is 18.4 Å². The minimum Gasteiger partial charge on any atom is -0.469 e. The number of aryl methyl sites for hydroxylation is 2. The SMILES string of the molecule is COC(=O)CCc1c(C)nn(-c2ccc(C(=O)Nc3ncc(C)s3)cc2)c1C. The molecule has 3 rings (SSSR count). The number of anilines is 1. The summed E-state index contributed by atoms with van der Waals surface area (Å²) in [5.41, 5.74) is 4.28. The van der Waals surface area contributed by atoms with Crippen LogP contribution in [-0.2, 0) is 16.0 Å². The molecular weight excluding hydrogens is 376 g/mol. The fraction of sp³-hybridized carbons (Fsp3) is 0.300. The van der Waals surface area contributed by atoms with Crippen LogP contribution in [0.4, 0.5) is 5.13 Å². The zero-order valence-corrected chi connectivity index (χ0v) is 17.1. The lowest BCUT2D eigenvalue weighted by Gasteiger charge is -2.07. The maximum atomic E-state index is 12.4. The van der Waals surface area contributed by atoms with Crippen LogP contribution in [0.3, 0.4) is 0 Å². The van der Waals surface area contributed by atoms with E-state index < -0.39 is 0 Å². The number of carbonyl (C=O) groups is 2. The molecule has 28 heavy (non-hydrogen) atoms. The normalized spacial score (nSPS) is 10.7. The molecule has 2 heterocycles. The quantitative estimate of drug-likeness (QED) is 0.641. The Morgan fingerprint density at radius 3 is 2.50 bits per heavy atom. The number of ether oxygens (including phenoxy) is 1. The Morgan fingerprint density at radius 2 is 1.89 bits per heavy atom. The van der Waals surface area contributed by atoms with Gasteiger partial charge in [-0.15, -0.1) is 11.3 Å². The number of rotatable bonds is 6. The first-order valence-electron chi connectivity index (χ1n) is 8.85. The standard InChI is InChI=1S/C20H22N4O3S/c1-12-11-21-20(28-12)22-19(26)15-5-7-16(8-6-15)24-14(3)17(13(2)23-24)9-10-18(25)27-4/h5-8,11H,9-10H2,1-4H3,(H,21,22,26). The summed E-state index contributed by atoms with van der Waals surface area (Å²) < 4.78 is 6.54. The molecule has 1 N–H and O–H groups in total. The zero-order chi connectivity index (χ0) is 20.3. The highest BCUT2D eigenvalue weighted by molar-refractivity contribution is 7.15. The lowest BCUT2D eigenvalue weighted by molar-refractivity contribution is -0.140. The molecule has 2 aromatic heterocycles. The first-order chi connectivity index (χ1) is 13.4. The third-order valence-corrected chi connectivity index (χ3v) is 5.29. The van der Waals surface area contributed by atoms with E-state index in [2.05, 4.69) is 15.4 Å². The number of thiazole rings is 1. The van der Waals surface area contributed by atoms with Crippen LogP contribution < -0.4 is 5.32 Å². The number of esters is 1. The number of nitrogens with zero attached hydrogens (tertiary/aromatic N) is 3. The van der Waals surface area contributed by atoms with Gasteiger partial charge in [-0.25, -0.2) is 9.67 Å². The van der Waals surface area contributed by atoms with Crippen LogP contribution in [0, 0.1) is 20.8 Å². The van der Waals surface area contributed by atoms with Crippen LogP contribution in [0.1, 0.15) is 38.6 Å². The number of benzene rings is 1. The van der Waals surface area contributed by atoms with Crippen molar-refractivity contribution in [3.05, 3.63) is 57.9 Å². The highest BCUT2D eigenvalue weighted by Crippen LogP contribution is 2.21.